The third-order valence-electron chi connectivity index (χ3n) is 3.09. The fourth-order valence-electron chi connectivity index (χ4n) is 2.00. The molecule has 1 aromatic carbocycles. The summed E-state index contributed by atoms with van der Waals surface area (Å²) in [6.45, 7) is 0.452. The van der Waals surface area contributed by atoms with E-state index in [4.69, 9.17) is 0 Å². The molecule has 3 rings (SSSR count). The molecular weight excluding hydrogens is 319 g/mol. The van der Waals surface area contributed by atoms with Gasteiger partial charge in [0.15, 0.2) is 0 Å². The molecular formula is C16H13FN2OS2. The number of carbonyl (C=O) groups excluding carboxylic acids is 1. The first-order chi connectivity index (χ1) is 10.7. The van der Waals surface area contributed by atoms with Gasteiger partial charge in [0.05, 0.1) is 0 Å². The van der Waals surface area contributed by atoms with Gasteiger partial charge < -0.3 is 5.32 Å². The van der Waals surface area contributed by atoms with Gasteiger partial charge in [-0.1, -0.05) is 12.1 Å². The van der Waals surface area contributed by atoms with Crippen molar-refractivity contribution in [3.63, 3.8) is 0 Å². The van der Waals surface area contributed by atoms with Gasteiger partial charge in [-0.15, -0.1) is 11.3 Å². The van der Waals surface area contributed by atoms with Crippen molar-refractivity contribution in [1.82, 2.24) is 10.3 Å². The maximum Gasteiger partial charge on any atom is 0.270 e. The Morgan fingerprint density at radius 1 is 1.27 bits per heavy atom. The predicted octanol–water partition coefficient (Wildman–Crippen LogP) is 3.98. The van der Waals surface area contributed by atoms with E-state index in [-0.39, 0.29) is 11.7 Å². The van der Waals surface area contributed by atoms with Crippen LogP contribution in [0.2, 0.25) is 0 Å². The van der Waals surface area contributed by atoms with Crippen molar-refractivity contribution in [3.8, 4) is 10.6 Å². The van der Waals surface area contributed by atoms with E-state index >= 15 is 0 Å². The molecule has 6 heteroatoms. The van der Waals surface area contributed by atoms with Gasteiger partial charge in [0, 0.05) is 22.9 Å². The van der Waals surface area contributed by atoms with E-state index in [2.05, 4.69) is 10.3 Å². The largest absolute Gasteiger partial charge is 0.350 e. The highest BCUT2D eigenvalue weighted by Crippen LogP contribution is 2.25. The number of halogens is 1. The molecule has 112 valence electrons. The molecule has 0 aliphatic heterocycles. The second-order valence-electron chi connectivity index (χ2n) is 4.69. The predicted molar refractivity (Wildman–Crippen MR) is 87.9 cm³/mol. The number of hydrogen-bond acceptors (Lipinski definition) is 4. The van der Waals surface area contributed by atoms with Gasteiger partial charge in [0.1, 0.15) is 16.5 Å². The Morgan fingerprint density at radius 2 is 2.18 bits per heavy atom. The second kappa shape index (κ2) is 6.81. The molecule has 0 aliphatic rings. The molecule has 0 radical (unpaired) electrons. The summed E-state index contributed by atoms with van der Waals surface area (Å²) in [5.74, 6) is -0.460. The molecule has 0 fully saturated rings. The smallest absolute Gasteiger partial charge is 0.270 e. The molecule has 1 amide bonds. The van der Waals surface area contributed by atoms with Crippen LogP contribution in [0.4, 0.5) is 4.39 Å². The minimum atomic E-state index is -0.260. The minimum Gasteiger partial charge on any atom is -0.350 e. The Balaban J connectivity index is 1.56. The summed E-state index contributed by atoms with van der Waals surface area (Å²) in [4.78, 5) is 16.4. The standard InChI is InChI=1S/C16H13FN2OS2/c17-13-3-1-2-11(8-13)4-6-18-15(20)14-10-22-16(19-14)12-5-7-21-9-12/h1-3,5,7-10H,4,6H2,(H,18,20). The first kappa shape index (κ1) is 14.9. The molecule has 0 spiro atoms. The molecule has 3 nitrogen and oxygen atoms in total. The zero-order chi connectivity index (χ0) is 15.4. The normalized spacial score (nSPS) is 10.6. The quantitative estimate of drug-likeness (QED) is 0.768. The van der Waals surface area contributed by atoms with Gasteiger partial charge in [0.2, 0.25) is 0 Å². The van der Waals surface area contributed by atoms with Crippen LogP contribution in [0.25, 0.3) is 10.6 Å². The number of nitrogens with one attached hydrogen (secondary N) is 1. The van der Waals surface area contributed by atoms with Crippen molar-refractivity contribution >= 4 is 28.6 Å². The Kier molecular flexibility index (Phi) is 4.60. The summed E-state index contributed by atoms with van der Waals surface area (Å²) < 4.78 is 13.1. The molecule has 1 N–H and O–H groups in total. The van der Waals surface area contributed by atoms with Crippen LogP contribution >= 0.6 is 22.7 Å². The molecule has 0 atom stereocenters. The maximum atomic E-state index is 13.1. The average molecular weight is 332 g/mol. The van der Waals surface area contributed by atoms with Crippen LogP contribution in [0, 0.1) is 5.82 Å². The highest BCUT2D eigenvalue weighted by molar-refractivity contribution is 7.14. The van der Waals surface area contributed by atoms with Gasteiger partial charge in [-0.2, -0.15) is 11.3 Å². The summed E-state index contributed by atoms with van der Waals surface area (Å²) in [6.07, 6.45) is 0.588. The second-order valence-corrected chi connectivity index (χ2v) is 6.32. The van der Waals surface area contributed by atoms with Gasteiger partial charge in [-0.25, -0.2) is 9.37 Å². The van der Waals surface area contributed by atoms with E-state index in [0.29, 0.717) is 18.7 Å². The average Bonchev–Trinajstić information content (AvgIpc) is 3.18. The maximum absolute atomic E-state index is 13.1. The molecule has 0 aliphatic carbocycles. The summed E-state index contributed by atoms with van der Waals surface area (Å²) >= 11 is 3.05. The number of nitrogens with zero attached hydrogens (tertiary/aromatic N) is 1. The Labute approximate surface area is 135 Å². The molecule has 0 saturated carbocycles. The molecule has 22 heavy (non-hydrogen) atoms. The zero-order valence-corrected chi connectivity index (χ0v) is 13.2. The van der Waals surface area contributed by atoms with E-state index in [1.807, 2.05) is 22.9 Å². The van der Waals surface area contributed by atoms with E-state index in [1.54, 1.807) is 22.8 Å². The van der Waals surface area contributed by atoms with Crippen molar-refractivity contribution in [1.29, 1.82) is 0 Å². The number of thiazole rings is 1. The first-order valence-electron chi connectivity index (χ1n) is 6.73. The number of rotatable bonds is 5. The molecule has 0 saturated heterocycles. The molecule has 2 aromatic heterocycles. The van der Waals surface area contributed by atoms with E-state index in [0.717, 1.165) is 16.1 Å². The fourth-order valence-corrected chi connectivity index (χ4v) is 3.51. The topological polar surface area (TPSA) is 42.0 Å². The van der Waals surface area contributed by atoms with Crippen molar-refractivity contribution in [3.05, 3.63) is 63.5 Å². The highest BCUT2D eigenvalue weighted by atomic mass is 32.1. The van der Waals surface area contributed by atoms with E-state index in [1.165, 1.54) is 23.5 Å². The molecule has 2 heterocycles. The van der Waals surface area contributed by atoms with Crippen LogP contribution in [-0.2, 0) is 6.42 Å². The Hall–Kier alpha value is -2.05. The SMILES string of the molecule is O=C(NCCc1cccc(F)c1)c1csc(-c2ccsc2)n1. The van der Waals surface area contributed by atoms with Crippen LogP contribution in [0.5, 0.6) is 0 Å². The van der Waals surface area contributed by atoms with E-state index in [9.17, 15) is 9.18 Å². The lowest BCUT2D eigenvalue weighted by molar-refractivity contribution is 0.0950. The molecule has 0 unspecified atom stereocenters. The third-order valence-corrected chi connectivity index (χ3v) is 4.67. The number of benzene rings is 1. The van der Waals surface area contributed by atoms with Gasteiger partial charge in [0.25, 0.3) is 5.91 Å². The van der Waals surface area contributed by atoms with Gasteiger partial charge in [-0.05, 0) is 35.6 Å². The van der Waals surface area contributed by atoms with Gasteiger partial charge in [-0.3, -0.25) is 4.79 Å². The number of hydrogen-bond donors (Lipinski definition) is 1. The summed E-state index contributed by atoms with van der Waals surface area (Å²) in [7, 11) is 0. The van der Waals surface area contributed by atoms with Crippen molar-refractivity contribution in [2.75, 3.05) is 6.54 Å². The summed E-state index contributed by atoms with van der Waals surface area (Å²) in [5.41, 5.74) is 2.32. The minimum absolute atomic E-state index is 0.200. The van der Waals surface area contributed by atoms with Gasteiger partial charge >= 0.3 is 0 Å². The van der Waals surface area contributed by atoms with Crippen molar-refractivity contribution < 1.29 is 9.18 Å². The molecule has 0 bridgehead atoms. The van der Waals surface area contributed by atoms with Crippen LogP contribution in [0.3, 0.4) is 0 Å². The van der Waals surface area contributed by atoms with Crippen molar-refractivity contribution in [2.24, 2.45) is 0 Å². The van der Waals surface area contributed by atoms with Crippen LogP contribution in [0.15, 0.2) is 46.5 Å². The first-order valence-corrected chi connectivity index (χ1v) is 8.55. The highest BCUT2D eigenvalue weighted by Gasteiger charge is 2.11. The van der Waals surface area contributed by atoms with E-state index < -0.39 is 0 Å². The Bertz CT molecular complexity index is 768. The zero-order valence-electron chi connectivity index (χ0n) is 11.6. The number of amides is 1. The third kappa shape index (κ3) is 3.58. The monoisotopic (exact) mass is 332 g/mol. The van der Waals surface area contributed by atoms with Crippen molar-refractivity contribution in [2.45, 2.75) is 6.42 Å². The fraction of sp³-hybridized carbons (Fsp3) is 0.125. The Morgan fingerprint density at radius 3 is 2.95 bits per heavy atom. The summed E-state index contributed by atoms with van der Waals surface area (Å²) in [5, 5.41) is 9.40. The molecule has 3 aromatic rings. The van der Waals surface area contributed by atoms with Crippen LogP contribution < -0.4 is 5.32 Å². The number of aromatic nitrogens is 1. The lowest BCUT2D eigenvalue weighted by atomic mass is 10.1. The lowest BCUT2D eigenvalue weighted by Gasteiger charge is -2.03. The number of carbonyl (C=O) groups is 1. The van der Waals surface area contributed by atoms with Crippen LogP contribution in [-0.4, -0.2) is 17.4 Å². The number of thiophene rings is 1. The lowest BCUT2D eigenvalue weighted by Crippen LogP contribution is -2.25. The summed E-state index contributed by atoms with van der Waals surface area (Å²) in [6, 6.07) is 8.37. The van der Waals surface area contributed by atoms with Crippen LogP contribution in [0.1, 0.15) is 16.1 Å².